The first-order valence-electron chi connectivity index (χ1n) is 6.97. The number of anilines is 1. The van der Waals surface area contributed by atoms with E-state index in [1.807, 2.05) is 43.3 Å². The number of aryl methyl sites for hydroxylation is 1. The van der Waals surface area contributed by atoms with Crippen molar-refractivity contribution in [3.05, 3.63) is 64.7 Å². The van der Waals surface area contributed by atoms with Crippen LogP contribution in [0, 0.1) is 6.92 Å². The van der Waals surface area contributed by atoms with Crippen LogP contribution in [-0.2, 0) is 4.79 Å². The third kappa shape index (κ3) is 4.60. The highest BCUT2D eigenvalue weighted by molar-refractivity contribution is 6.30. The Morgan fingerprint density at radius 3 is 2.73 bits per heavy atom. The van der Waals surface area contributed by atoms with Gasteiger partial charge in [-0.2, -0.15) is 5.10 Å². The number of amides is 1. The van der Waals surface area contributed by atoms with Crippen molar-refractivity contribution in [1.82, 2.24) is 5.43 Å². The number of carbonyl (C=O) groups excluding carboxylic acids is 1. The summed E-state index contributed by atoms with van der Waals surface area (Å²) in [5, 5.41) is 7.68. The molecule has 5 heteroatoms. The Morgan fingerprint density at radius 2 is 2.00 bits per heavy atom. The number of nitrogens with zero attached hydrogens (tertiary/aromatic N) is 1. The van der Waals surface area contributed by atoms with Crippen LogP contribution in [0.3, 0.4) is 0 Å². The van der Waals surface area contributed by atoms with Crippen LogP contribution in [0.5, 0.6) is 0 Å². The molecule has 1 atom stereocenters. The fraction of sp³-hybridized carbons (Fsp3) is 0.176. The molecule has 1 amide bonds. The fourth-order valence-electron chi connectivity index (χ4n) is 1.89. The third-order valence-corrected chi connectivity index (χ3v) is 3.40. The van der Waals surface area contributed by atoms with Crippen LogP contribution in [0.4, 0.5) is 5.69 Å². The molecule has 0 aromatic heterocycles. The van der Waals surface area contributed by atoms with Crippen LogP contribution < -0.4 is 10.7 Å². The van der Waals surface area contributed by atoms with Crippen LogP contribution in [0.25, 0.3) is 0 Å². The van der Waals surface area contributed by atoms with Gasteiger partial charge in [-0.3, -0.25) is 4.79 Å². The van der Waals surface area contributed by atoms with E-state index in [9.17, 15) is 4.79 Å². The van der Waals surface area contributed by atoms with Gasteiger partial charge in [-0.25, -0.2) is 5.43 Å². The average Bonchev–Trinajstić information content (AvgIpc) is 2.49. The Bertz CT molecular complexity index is 685. The lowest BCUT2D eigenvalue weighted by atomic mass is 10.1. The number of rotatable bonds is 5. The summed E-state index contributed by atoms with van der Waals surface area (Å²) in [7, 11) is 0. The second-order valence-electron chi connectivity index (χ2n) is 4.97. The Kier molecular flexibility index (Phi) is 5.55. The van der Waals surface area contributed by atoms with Crippen molar-refractivity contribution in [3.63, 3.8) is 0 Å². The quantitative estimate of drug-likeness (QED) is 0.654. The second-order valence-corrected chi connectivity index (χ2v) is 5.40. The SMILES string of the molecule is Cc1ccccc1C=NNC(=O)C(C)Nc1cccc(Cl)c1. The van der Waals surface area contributed by atoms with Crippen LogP contribution in [0.1, 0.15) is 18.1 Å². The summed E-state index contributed by atoms with van der Waals surface area (Å²) in [5.74, 6) is -0.218. The number of benzene rings is 2. The summed E-state index contributed by atoms with van der Waals surface area (Å²) in [5.41, 5.74) is 5.39. The molecule has 2 aromatic carbocycles. The van der Waals surface area contributed by atoms with E-state index in [4.69, 9.17) is 11.6 Å². The van der Waals surface area contributed by atoms with E-state index in [0.29, 0.717) is 5.02 Å². The molecule has 22 heavy (non-hydrogen) atoms. The van der Waals surface area contributed by atoms with Gasteiger partial charge in [0.1, 0.15) is 6.04 Å². The first kappa shape index (κ1) is 16.0. The second kappa shape index (κ2) is 7.61. The van der Waals surface area contributed by atoms with Gasteiger partial charge in [0.2, 0.25) is 0 Å². The molecule has 0 saturated heterocycles. The minimum Gasteiger partial charge on any atom is -0.374 e. The van der Waals surface area contributed by atoms with Crippen LogP contribution in [-0.4, -0.2) is 18.2 Å². The molecule has 0 bridgehead atoms. The summed E-state index contributed by atoms with van der Waals surface area (Å²) in [4.78, 5) is 12.0. The molecule has 0 aliphatic rings. The van der Waals surface area contributed by atoms with E-state index in [1.165, 1.54) is 0 Å². The predicted molar refractivity (Wildman–Crippen MR) is 91.5 cm³/mol. The maximum absolute atomic E-state index is 12.0. The number of hydrogen-bond donors (Lipinski definition) is 2. The fourth-order valence-corrected chi connectivity index (χ4v) is 2.08. The average molecular weight is 316 g/mol. The van der Waals surface area contributed by atoms with Gasteiger partial charge < -0.3 is 5.32 Å². The molecule has 0 spiro atoms. The monoisotopic (exact) mass is 315 g/mol. The number of hydrogen-bond acceptors (Lipinski definition) is 3. The first-order chi connectivity index (χ1) is 10.6. The predicted octanol–water partition coefficient (Wildman–Crippen LogP) is 3.60. The first-order valence-corrected chi connectivity index (χ1v) is 7.34. The van der Waals surface area contributed by atoms with Gasteiger partial charge in [0, 0.05) is 10.7 Å². The van der Waals surface area contributed by atoms with Crippen molar-refractivity contribution in [2.24, 2.45) is 5.10 Å². The van der Waals surface area contributed by atoms with E-state index in [2.05, 4.69) is 15.8 Å². The lowest BCUT2D eigenvalue weighted by Crippen LogP contribution is -2.34. The van der Waals surface area contributed by atoms with Gasteiger partial charge in [0.15, 0.2) is 0 Å². The van der Waals surface area contributed by atoms with Crippen molar-refractivity contribution in [2.45, 2.75) is 19.9 Å². The number of halogens is 1. The van der Waals surface area contributed by atoms with Crippen molar-refractivity contribution < 1.29 is 4.79 Å². The summed E-state index contributed by atoms with van der Waals surface area (Å²) in [6.45, 7) is 3.76. The van der Waals surface area contributed by atoms with Gasteiger partial charge in [-0.15, -0.1) is 0 Å². The highest BCUT2D eigenvalue weighted by Gasteiger charge is 2.11. The zero-order valence-electron chi connectivity index (χ0n) is 12.5. The van der Waals surface area contributed by atoms with Crippen LogP contribution in [0.15, 0.2) is 53.6 Å². The Labute approximate surface area is 135 Å². The van der Waals surface area contributed by atoms with Crippen LogP contribution in [0.2, 0.25) is 5.02 Å². The van der Waals surface area contributed by atoms with Crippen LogP contribution >= 0.6 is 11.6 Å². The summed E-state index contributed by atoms with van der Waals surface area (Å²) in [6, 6.07) is 14.6. The van der Waals surface area contributed by atoms with Gasteiger partial charge in [0.05, 0.1) is 6.21 Å². The van der Waals surface area contributed by atoms with Gasteiger partial charge >= 0.3 is 0 Å². The molecule has 0 radical (unpaired) electrons. The maximum Gasteiger partial charge on any atom is 0.262 e. The molecule has 2 N–H and O–H groups in total. The van der Waals surface area contributed by atoms with E-state index >= 15 is 0 Å². The third-order valence-electron chi connectivity index (χ3n) is 3.17. The lowest BCUT2D eigenvalue weighted by Gasteiger charge is -2.13. The molecule has 0 aliphatic carbocycles. The molecular formula is C17H18ClN3O. The smallest absolute Gasteiger partial charge is 0.262 e. The number of carbonyl (C=O) groups is 1. The molecule has 0 heterocycles. The Hall–Kier alpha value is -2.33. The molecule has 2 rings (SSSR count). The summed E-state index contributed by atoms with van der Waals surface area (Å²) >= 11 is 5.91. The number of hydrazone groups is 1. The summed E-state index contributed by atoms with van der Waals surface area (Å²) < 4.78 is 0. The molecule has 0 saturated carbocycles. The van der Waals surface area contributed by atoms with Gasteiger partial charge in [-0.1, -0.05) is 41.9 Å². The molecule has 114 valence electrons. The topological polar surface area (TPSA) is 53.5 Å². The normalized spacial score (nSPS) is 12.1. The van der Waals surface area contributed by atoms with Crippen molar-refractivity contribution in [1.29, 1.82) is 0 Å². The summed E-state index contributed by atoms with van der Waals surface area (Å²) in [6.07, 6.45) is 1.64. The van der Waals surface area contributed by atoms with Crippen molar-refractivity contribution in [3.8, 4) is 0 Å². The Morgan fingerprint density at radius 1 is 1.23 bits per heavy atom. The minimum atomic E-state index is -0.424. The number of nitrogens with one attached hydrogen (secondary N) is 2. The largest absolute Gasteiger partial charge is 0.374 e. The highest BCUT2D eigenvalue weighted by atomic mass is 35.5. The van der Waals surface area contributed by atoms with Gasteiger partial charge in [0.25, 0.3) is 5.91 Å². The molecule has 2 aromatic rings. The highest BCUT2D eigenvalue weighted by Crippen LogP contribution is 2.15. The van der Waals surface area contributed by atoms with Crippen molar-refractivity contribution >= 4 is 29.4 Å². The molecule has 1 unspecified atom stereocenters. The van der Waals surface area contributed by atoms with Gasteiger partial charge in [-0.05, 0) is 43.2 Å². The minimum absolute atomic E-state index is 0.218. The maximum atomic E-state index is 12.0. The standard InChI is InChI=1S/C17H18ClN3O/c1-12-6-3-4-7-14(12)11-19-21-17(22)13(2)20-16-9-5-8-15(18)10-16/h3-11,13,20H,1-2H3,(H,21,22). The zero-order chi connectivity index (χ0) is 15.9. The lowest BCUT2D eigenvalue weighted by molar-refractivity contribution is -0.121. The zero-order valence-corrected chi connectivity index (χ0v) is 13.3. The van der Waals surface area contributed by atoms with E-state index in [0.717, 1.165) is 16.8 Å². The molecule has 4 nitrogen and oxygen atoms in total. The van der Waals surface area contributed by atoms with E-state index in [1.54, 1.807) is 25.3 Å². The molecule has 0 aliphatic heterocycles. The molecule has 0 fully saturated rings. The molecular weight excluding hydrogens is 298 g/mol. The van der Waals surface area contributed by atoms with E-state index in [-0.39, 0.29) is 5.91 Å². The Balaban J connectivity index is 1.90. The van der Waals surface area contributed by atoms with E-state index < -0.39 is 6.04 Å². The van der Waals surface area contributed by atoms with Crippen molar-refractivity contribution in [2.75, 3.05) is 5.32 Å².